The summed E-state index contributed by atoms with van der Waals surface area (Å²) in [5, 5.41) is 11.4. The van der Waals surface area contributed by atoms with Gasteiger partial charge in [0.25, 0.3) is 0 Å². The normalized spacial score (nSPS) is 14.5. The fraction of sp³-hybridized carbons (Fsp3) is 0.500. The van der Waals surface area contributed by atoms with E-state index in [-0.39, 0.29) is 6.04 Å². The molecule has 0 unspecified atom stereocenters. The number of alkyl halides is 3. The minimum Gasteiger partial charge on any atom is -0.475 e. The first-order chi connectivity index (χ1) is 14.7. The largest absolute Gasteiger partial charge is 0.490 e. The van der Waals surface area contributed by atoms with E-state index in [9.17, 15) is 13.2 Å². The summed E-state index contributed by atoms with van der Waals surface area (Å²) in [6.07, 6.45) is 7.39. The van der Waals surface area contributed by atoms with Crippen molar-refractivity contribution in [2.24, 2.45) is 14.1 Å². The van der Waals surface area contributed by atoms with Crippen LogP contribution in [0.1, 0.15) is 55.1 Å². The molecule has 1 aliphatic rings. The summed E-state index contributed by atoms with van der Waals surface area (Å²) in [5.74, 6) is 0.561. The molecule has 1 aliphatic carbocycles. The van der Waals surface area contributed by atoms with Gasteiger partial charge in [0.05, 0.1) is 0 Å². The van der Waals surface area contributed by atoms with Gasteiger partial charge >= 0.3 is 12.1 Å². The van der Waals surface area contributed by atoms with E-state index in [1.54, 1.807) is 12.4 Å². The van der Waals surface area contributed by atoms with Gasteiger partial charge in [-0.2, -0.15) is 17.5 Å². The van der Waals surface area contributed by atoms with Gasteiger partial charge in [0.15, 0.2) is 0 Å². The number of halogens is 3. The molecule has 13 heteroatoms. The van der Waals surface area contributed by atoms with Crippen molar-refractivity contribution in [1.82, 2.24) is 28.5 Å². The first kappa shape index (κ1) is 22.7. The number of rotatable bonds is 5. The van der Waals surface area contributed by atoms with Gasteiger partial charge in [-0.1, -0.05) is 12.8 Å². The molecular formula is C18H22F3N7O2S. The van der Waals surface area contributed by atoms with Crippen LogP contribution in [0.25, 0.3) is 0 Å². The summed E-state index contributed by atoms with van der Waals surface area (Å²) in [7, 11) is 3.98. The molecule has 0 atom stereocenters. The fourth-order valence-corrected chi connectivity index (χ4v) is 4.00. The second-order valence-electron chi connectivity index (χ2n) is 7.11. The van der Waals surface area contributed by atoms with E-state index in [1.807, 2.05) is 35.6 Å². The summed E-state index contributed by atoms with van der Waals surface area (Å²) >= 11 is 1.42. The number of hydrogen-bond donors (Lipinski definition) is 2. The van der Waals surface area contributed by atoms with Crippen LogP contribution in [-0.2, 0) is 18.9 Å². The van der Waals surface area contributed by atoms with E-state index in [0.29, 0.717) is 5.92 Å². The monoisotopic (exact) mass is 457 g/mol. The number of carbonyl (C=O) groups is 1. The van der Waals surface area contributed by atoms with Crippen LogP contribution >= 0.6 is 11.5 Å². The number of nitrogens with one attached hydrogen (secondary N) is 1. The number of aromatic nitrogens is 6. The molecule has 1 saturated carbocycles. The standard InChI is InChI=1S/C16H21N7S.C2HF3O2/c1-22-9-7-17-14(22)12(15-18-8-10-23(15)2)19-16-20-13(21-24-16)11-5-3-4-6-11;3-2(4,5)1(6)7/h7-12H,3-6H2,1-2H3,(H,19,20,21);(H,6,7). The van der Waals surface area contributed by atoms with Crippen LogP contribution in [0.2, 0.25) is 0 Å². The first-order valence-corrected chi connectivity index (χ1v) is 10.3. The SMILES string of the molecule is Cn1ccnc1C(Nc1nc(C2CCCC2)ns1)c1nccn1C.O=C(O)C(F)(F)F. The van der Waals surface area contributed by atoms with Gasteiger partial charge in [0.2, 0.25) is 5.13 Å². The molecule has 0 amide bonds. The number of nitrogens with zero attached hydrogens (tertiary/aromatic N) is 6. The molecule has 2 N–H and O–H groups in total. The Morgan fingerprint density at radius 1 is 1.16 bits per heavy atom. The Kier molecular flexibility index (Phi) is 6.93. The topological polar surface area (TPSA) is 111 Å². The lowest BCUT2D eigenvalue weighted by Crippen LogP contribution is -2.21. The maximum atomic E-state index is 10.6. The summed E-state index contributed by atoms with van der Waals surface area (Å²) < 4.78 is 40.3. The lowest BCUT2D eigenvalue weighted by Gasteiger charge is -2.17. The van der Waals surface area contributed by atoms with E-state index < -0.39 is 12.1 Å². The van der Waals surface area contributed by atoms with E-state index in [2.05, 4.69) is 19.7 Å². The average Bonchev–Trinajstić information content (AvgIpc) is 3.48. The molecule has 9 nitrogen and oxygen atoms in total. The Labute approximate surface area is 180 Å². The van der Waals surface area contributed by atoms with Crippen molar-refractivity contribution in [3.8, 4) is 0 Å². The summed E-state index contributed by atoms with van der Waals surface area (Å²) in [6, 6.07) is -0.158. The van der Waals surface area contributed by atoms with Crippen molar-refractivity contribution < 1.29 is 23.1 Å². The molecule has 0 aromatic carbocycles. The van der Waals surface area contributed by atoms with Gasteiger partial charge in [0.1, 0.15) is 23.5 Å². The van der Waals surface area contributed by atoms with Crippen molar-refractivity contribution in [2.75, 3.05) is 5.32 Å². The van der Waals surface area contributed by atoms with Gasteiger partial charge in [-0.05, 0) is 12.8 Å². The number of anilines is 1. The second-order valence-corrected chi connectivity index (χ2v) is 7.86. The van der Waals surface area contributed by atoms with E-state index in [1.165, 1.54) is 37.2 Å². The predicted octanol–water partition coefficient (Wildman–Crippen LogP) is 3.50. The Bertz CT molecular complexity index is 968. The number of imidazole rings is 2. The number of aryl methyl sites for hydroxylation is 2. The predicted molar refractivity (Wildman–Crippen MR) is 107 cm³/mol. The van der Waals surface area contributed by atoms with Crippen LogP contribution in [0.4, 0.5) is 18.3 Å². The van der Waals surface area contributed by atoms with Crippen LogP contribution in [0.15, 0.2) is 24.8 Å². The minimum absolute atomic E-state index is 0.158. The second kappa shape index (κ2) is 9.45. The smallest absolute Gasteiger partial charge is 0.475 e. The van der Waals surface area contributed by atoms with Gasteiger partial charge in [0, 0.05) is 56.3 Å². The van der Waals surface area contributed by atoms with Crippen molar-refractivity contribution in [3.05, 3.63) is 42.3 Å². The summed E-state index contributed by atoms with van der Waals surface area (Å²) in [4.78, 5) is 22.6. The van der Waals surface area contributed by atoms with Crippen molar-refractivity contribution in [3.63, 3.8) is 0 Å². The van der Waals surface area contributed by atoms with Crippen LogP contribution in [0, 0.1) is 0 Å². The molecule has 0 saturated heterocycles. The van der Waals surface area contributed by atoms with Crippen LogP contribution in [-0.4, -0.2) is 45.7 Å². The molecule has 3 aromatic rings. The van der Waals surface area contributed by atoms with Crippen LogP contribution < -0.4 is 5.32 Å². The highest BCUT2D eigenvalue weighted by Crippen LogP contribution is 2.34. The molecule has 3 aromatic heterocycles. The highest BCUT2D eigenvalue weighted by atomic mass is 32.1. The zero-order valence-electron chi connectivity index (χ0n) is 16.9. The molecule has 31 heavy (non-hydrogen) atoms. The third-order valence-corrected chi connectivity index (χ3v) is 5.57. The average molecular weight is 457 g/mol. The van der Waals surface area contributed by atoms with E-state index >= 15 is 0 Å². The lowest BCUT2D eigenvalue weighted by molar-refractivity contribution is -0.192. The molecule has 3 heterocycles. The zero-order chi connectivity index (χ0) is 22.6. The van der Waals surface area contributed by atoms with Crippen LogP contribution in [0.3, 0.4) is 0 Å². The molecule has 0 radical (unpaired) electrons. The maximum Gasteiger partial charge on any atom is 0.490 e. The summed E-state index contributed by atoms with van der Waals surface area (Å²) in [5.41, 5.74) is 0. The number of hydrogen-bond acceptors (Lipinski definition) is 7. The van der Waals surface area contributed by atoms with Gasteiger partial charge < -0.3 is 19.6 Å². The third kappa shape index (κ3) is 5.60. The molecule has 0 spiro atoms. The quantitative estimate of drug-likeness (QED) is 0.603. The van der Waals surface area contributed by atoms with Crippen LogP contribution in [0.5, 0.6) is 0 Å². The molecule has 4 rings (SSSR count). The molecular weight excluding hydrogens is 435 g/mol. The first-order valence-electron chi connectivity index (χ1n) is 9.51. The van der Waals surface area contributed by atoms with E-state index in [0.717, 1.165) is 22.6 Å². The Balaban J connectivity index is 0.000000339. The van der Waals surface area contributed by atoms with Gasteiger partial charge in [-0.15, -0.1) is 0 Å². The lowest BCUT2D eigenvalue weighted by atomic mass is 10.1. The number of carboxylic acids is 1. The Morgan fingerprint density at radius 2 is 1.68 bits per heavy atom. The Hall–Kier alpha value is -2.96. The molecule has 0 aliphatic heterocycles. The molecule has 1 fully saturated rings. The highest BCUT2D eigenvalue weighted by Gasteiger charge is 2.38. The summed E-state index contributed by atoms with van der Waals surface area (Å²) in [6.45, 7) is 0. The number of aliphatic carboxylic acids is 1. The maximum absolute atomic E-state index is 10.6. The highest BCUT2D eigenvalue weighted by molar-refractivity contribution is 7.09. The van der Waals surface area contributed by atoms with Crippen molar-refractivity contribution in [1.29, 1.82) is 0 Å². The molecule has 0 bridgehead atoms. The van der Waals surface area contributed by atoms with E-state index in [4.69, 9.17) is 14.9 Å². The Morgan fingerprint density at radius 3 is 2.10 bits per heavy atom. The molecule has 168 valence electrons. The fourth-order valence-electron chi connectivity index (χ4n) is 3.32. The third-order valence-electron chi connectivity index (χ3n) is 4.91. The van der Waals surface area contributed by atoms with Crippen molar-refractivity contribution >= 4 is 22.6 Å². The zero-order valence-corrected chi connectivity index (χ0v) is 17.7. The van der Waals surface area contributed by atoms with Gasteiger partial charge in [-0.3, -0.25) is 0 Å². The van der Waals surface area contributed by atoms with Crippen molar-refractivity contribution in [2.45, 2.75) is 43.8 Å². The minimum atomic E-state index is -5.08. The van der Waals surface area contributed by atoms with Gasteiger partial charge in [-0.25, -0.2) is 19.7 Å². The number of carboxylic acid groups (broad SMARTS) is 1.